The maximum absolute atomic E-state index is 10.6. The van der Waals surface area contributed by atoms with Crippen LogP contribution in [0.5, 0.6) is 0 Å². The number of carbonyl (C=O) groups is 1. The smallest absolute Gasteiger partial charge is 0.317 e. The van der Waals surface area contributed by atoms with Gasteiger partial charge >= 0.3 is 5.97 Å². The van der Waals surface area contributed by atoms with Gasteiger partial charge in [0.15, 0.2) is 0 Å². The van der Waals surface area contributed by atoms with Crippen LogP contribution in [-0.2, 0) is 4.79 Å². The van der Waals surface area contributed by atoms with Gasteiger partial charge < -0.3 is 10.0 Å². The SMILES string of the molecule is O=C(O)CN1CCCN(c2ncns2)CC1. The molecule has 0 radical (unpaired) electrons. The minimum absolute atomic E-state index is 0.129. The second-order valence-electron chi connectivity index (χ2n) is 3.73. The van der Waals surface area contributed by atoms with E-state index in [1.807, 2.05) is 4.90 Å². The second kappa shape index (κ2) is 5.22. The molecule has 6 nitrogen and oxygen atoms in total. The Balaban J connectivity index is 1.90. The zero-order chi connectivity index (χ0) is 11.4. The van der Waals surface area contributed by atoms with Crippen LogP contribution in [0.3, 0.4) is 0 Å². The Labute approximate surface area is 97.7 Å². The molecule has 88 valence electrons. The molecule has 0 spiro atoms. The molecule has 0 aromatic carbocycles. The third kappa shape index (κ3) is 2.89. The lowest BCUT2D eigenvalue weighted by molar-refractivity contribution is -0.138. The molecule has 2 rings (SSSR count). The molecule has 7 heteroatoms. The summed E-state index contributed by atoms with van der Waals surface area (Å²) in [7, 11) is 0. The molecule has 1 aromatic rings. The first-order chi connectivity index (χ1) is 7.75. The normalized spacial score (nSPS) is 18.4. The fourth-order valence-electron chi connectivity index (χ4n) is 1.82. The van der Waals surface area contributed by atoms with E-state index in [0.717, 1.165) is 37.7 Å². The molecule has 1 aliphatic heterocycles. The fraction of sp³-hybridized carbons (Fsp3) is 0.667. The second-order valence-corrected chi connectivity index (χ2v) is 4.49. The molecular weight excluding hydrogens is 228 g/mol. The number of hydrogen-bond donors (Lipinski definition) is 1. The molecule has 16 heavy (non-hydrogen) atoms. The van der Waals surface area contributed by atoms with Gasteiger partial charge in [-0.3, -0.25) is 9.69 Å². The Morgan fingerprint density at radius 1 is 1.44 bits per heavy atom. The third-order valence-corrected chi connectivity index (χ3v) is 3.29. The maximum atomic E-state index is 10.6. The zero-order valence-electron chi connectivity index (χ0n) is 8.87. The van der Waals surface area contributed by atoms with Crippen LogP contribution in [0, 0.1) is 0 Å². The Morgan fingerprint density at radius 3 is 3.00 bits per heavy atom. The number of anilines is 1. The molecule has 0 bridgehead atoms. The van der Waals surface area contributed by atoms with Crippen LogP contribution >= 0.6 is 11.5 Å². The van der Waals surface area contributed by atoms with Crippen LogP contribution in [-0.4, -0.2) is 58.1 Å². The topological polar surface area (TPSA) is 69.6 Å². The van der Waals surface area contributed by atoms with Gasteiger partial charge in [-0.15, -0.1) is 0 Å². The van der Waals surface area contributed by atoms with E-state index in [9.17, 15) is 4.79 Å². The average Bonchev–Trinajstić information content (AvgIpc) is 2.66. The molecule has 0 unspecified atom stereocenters. The molecule has 1 saturated heterocycles. The predicted molar refractivity (Wildman–Crippen MR) is 60.8 cm³/mol. The molecule has 1 aliphatic rings. The van der Waals surface area contributed by atoms with Crippen LogP contribution in [0.4, 0.5) is 5.13 Å². The van der Waals surface area contributed by atoms with Gasteiger partial charge in [-0.25, -0.2) is 4.98 Å². The van der Waals surface area contributed by atoms with E-state index in [1.54, 1.807) is 6.33 Å². The van der Waals surface area contributed by atoms with Gasteiger partial charge in [-0.1, -0.05) is 0 Å². The summed E-state index contributed by atoms with van der Waals surface area (Å²) in [4.78, 5) is 18.9. The van der Waals surface area contributed by atoms with Crippen molar-refractivity contribution in [2.24, 2.45) is 0 Å². The van der Waals surface area contributed by atoms with E-state index >= 15 is 0 Å². The highest BCUT2D eigenvalue weighted by Crippen LogP contribution is 2.16. The van der Waals surface area contributed by atoms with Gasteiger partial charge in [0.25, 0.3) is 0 Å². The summed E-state index contributed by atoms with van der Waals surface area (Å²) < 4.78 is 3.98. The van der Waals surface area contributed by atoms with Crippen molar-refractivity contribution in [2.45, 2.75) is 6.42 Å². The standard InChI is InChI=1S/C9H14N4O2S/c14-8(15)6-12-2-1-3-13(5-4-12)9-10-7-11-16-9/h7H,1-6H2,(H,14,15). The van der Waals surface area contributed by atoms with Crippen molar-refractivity contribution in [1.29, 1.82) is 0 Å². The number of carboxylic acid groups (broad SMARTS) is 1. The summed E-state index contributed by atoms with van der Waals surface area (Å²) >= 11 is 1.38. The van der Waals surface area contributed by atoms with Gasteiger partial charge in [0, 0.05) is 37.7 Å². The van der Waals surface area contributed by atoms with Crippen molar-refractivity contribution in [3.63, 3.8) is 0 Å². The van der Waals surface area contributed by atoms with Gasteiger partial charge in [-0.2, -0.15) is 4.37 Å². The lowest BCUT2D eigenvalue weighted by atomic mass is 10.4. The molecule has 0 saturated carbocycles. The largest absolute Gasteiger partial charge is 0.480 e. The quantitative estimate of drug-likeness (QED) is 0.812. The molecule has 2 heterocycles. The van der Waals surface area contributed by atoms with E-state index in [-0.39, 0.29) is 6.54 Å². The third-order valence-electron chi connectivity index (χ3n) is 2.57. The van der Waals surface area contributed by atoms with E-state index in [2.05, 4.69) is 14.3 Å². The van der Waals surface area contributed by atoms with Crippen molar-refractivity contribution in [3.8, 4) is 0 Å². The first kappa shape index (κ1) is 11.3. The predicted octanol–water partition coefficient (Wildman–Crippen LogP) is 0.135. The highest BCUT2D eigenvalue weighted by Gasteiger charge is 2.18. The van der Waals surface area contributed by atoms with Gasteiger partial charge in [0.2, 0.25) is 5.13 Å². The van der Waals surface area contributed by atoms with Crippen LogP contribution in [0.25, 0.3) is 0 Å². The Hall–Kier alpha value is -1.21. The molecule has 0 aliphatic carbocycles. The molecule has 1 fully saturated rings. The Morgan fingerprint density at radius 2 is 2.31 bits per heavy atom. The minimum atomic E-state index is -0.760. The Bertz CT molecular complexity index is 343. The number of aromatic nitrogens is 2. The minimum Gasteiger partial charge on any atom is -0.480 e. The van der Waals surface area contributed by atoms with E-state index in [1.165, 1.54) is 11.5 Å². The zero-order valence-corrected chi connectivity index (χ0v) is 9.69. The first-order valence-corrected chi connectivity index (χ1v) is 5.99. The summed E-state index contributed by atoms with van der Waals surface area (Å²) in [6.07, 6.45) is 2.52. The summed E-state index contributed by atoms with van der Waals surface area (Å²) in [5, 5.41) is 9.66. The molecular formula is C9H14N4O2S. The van der Waals surface area contributed by atoms with Crippen LogP contribution in [0.1, 0.15) is 6.42 Å². The van der Waals surface area contributed by atoms with Crippen LogP contribution < -0.4 is 4.90 Å². The number of carboxylic acids is 1. The van der Waals surface area contributed by atoms with Crippen LogP contribution in [0.2, 0.25) is 0 Å². The number of hydrogen-bond acceptors (Lipinski definition) is 6. The maximum Gasteiger partial charge on any atom is 0.317 e. The van der Waals surface area contributed by atoms with Crippen molar-refractivity contribution in [1.82, 2.24) is 14.3 Å². The molecule has 0 atom stereocenters. The van der Waals surface area contributed by atoms with E-state index < -0.39 is 5.97 Å². The van der Waals surface area contributed by atoms with Crippen molar-refractivity contribution in [2.75, 3.05) is 37.6 Å². The molecule has 1 N–H and O–H groups in total. The number of rotatable bonds is 3. The fourth-order valence-corrected chi connectivity index (χ4v) is 2.40. The summed E-state index contributed by atoms with van der Waals surface area (Å²) in [6.45, 7) is 3.48. The van der Waals surface area contributed by atoms with Crippen LogP contribution in [0.15, 0.2) is 6.33 Å². The summed E-state index contributed by atoms with van der Waals surface area (Å²) in [6, 6.07) is 0. The van der Waals surface area contributed by atoms with Gasteiger partial charge in [-0.05, 0) is 6.42 Å². The average molecular weight is 242 g/mol. The monoisotopic (exact) mass is 242 g/mol. The van der Waals surface area contributed by atoms with E-state index in [4.69, 9.17) is 5.11 Å². The lowest BCUT2D eigenvalue weighted by Crippen LogP contribution is -2.34. The van der Waals surface area contributed by atoms with Crippen molar-refractivity contribution in [3.05, 3.63) is 6.33 Å². The van der Waals surface area contributed by atoms with Gasteiger partial charge in [0.05, 0.1) is 6.54 Å². The van der Waals surface area contributed by atoms with Crippen molar-refractivity contribution >= 4 is 22.6 Å². The van der Waals surface area contributed by atoms with E-state index in [0.29, 0.717) is 0 Å². The highest BCUT2D eigenvalue weighted by atomic mass is 32.1. The summed E-state index contributed by atoms with van der Waals surface area (Å²) in [5.41, 5.74) is 0. The number of nitrogens with zero attached hydrogens (tertiary/aromatic N) is 4. The number of aliphatic carboxylic acids is 1. The Kier molecular flexibility index (Phi) is 3.68. The molecule has 1 aromatic heterocycles. The lowest BCUT2D eigenvalue weighted by Gasteiger charge is -2.19. The van der Waals surface area contributed by atoms with Crippen molar-refractivity contribution < 1.29 is 9.90 Å². The molecule has 0 amide bonds. The highest BCUT2D eigenvalue weighted by molar-refractivity contribution is 7.09. The summed E-state index contributed by atoms with van der Waals surface area (Å²) in [5.74, 6) is -0.760. The van der Waals surface area contributed by atoms with Gasteiger partial charge in [0.1, 0.15) is 6.33 Å². The first-order valence-electron chi connectivity index (χ1n) is 5.21.